The lowest BCUT2D eigenvalue weighted by atomic mass is 10.3. The maximum absolute atomic E-state index is 11.1. The Morgan fingerprint density at radius 2 is 1.92 bits per heavy atom. The minimum Gasteiger partial charge on any atom is -0.870 e. The summed E-state index contributed by atoms with van der Waals surface area (Å²) >= 11 is 0. The van der Waals surface area contributed by atoms with Crippen LogP contribution in [0, 0.1) is 0 Å². The van der Waals surface area contributed by atoms with Crippen molar-refractivity contribution >= 4 is 23.2 Å². The molecule has 0 amide bonds. The molecule has 0 heterocycles. The fourth-order valence-corrected chi connectivity index (χ4v) is 0.842. The van der Waals surface area contributed by atoms with Gasteiger partial charge in [-0.05, 0) is 20.8 Å². The van der Waals surface area contributed by atoms with Crippen molar-refractivity contribution in [1.29, 1.82) is 0 Å². The summed E-state index contributed by atoms with van der Waals surface area (Å²) in [6.07, 6.45) is 0.779. The number of carboxylic acids is 1. The third-order valence-corrected chi connectivity index (χ3v) is 2.29. The van der Waals surface area contributed by atoms with Crippen LogP contribution in [0.25, 0.3) is 0 Å². The zero-order chi connectivity index (χ0) is 9.07. The van der Waals surface area contributed by atoms with Crippen molar-refractivity contribution in [3.63, 3.8) is 0 Å². The maximum Gasteiger partial charge on any atom is 0.393 e. The number of nitrogens with one attached hydrogen (secondary N) is 1. The molecule has 0 aromatic heterocycles. The summed E-state index contributed by atoms with van der Waals surface area (Å²) in [4.78, 5) is 9.98. The summed E-state index contributed by atoms with van der Waals surface area (Å²) in [5.74, 6) is -1.12. The summed E-state index contributed by atoms with van der Waals surface area (Å²) in [7, 11) is -1.34. The fourth-order valence-electron chi connectivity index (χ4n) is 0.281. The first-order valence-electron chi connectivity index (χ1n) is 3.08. The summed E-state index contributed by atoms with van der Waals surface area (Å²) in [6, 6.07) is 0. The molecule has 0 spiro atoms. The van der Waals surface area contributed by atoms with Crippen LogP contribution in [0.2, 0.25) is 0 Å². The molecule has 0 aliphatic carbocycles. The lowest BCUT2D eigenvalue weighted by Crippen LogP contribution is -2.74. The van der Waals surface area contributed by atoms with E-state index in [1.807, 2.05) is 0 Å². The second kappa shape index (κ2) is 5.00. The van der Waals surface area contributed by atoms with Gasteiger partial charge in [0, 0.05) is 0 Å². The van der Waals surface area contributed by atoms with Gasteiger partial charge in [-0.25, -0.2) is 4.79 Å². The van der Waals surface area contributed by atoms with Crippen molar-refractivity contribution in [1.82, 2.24) is 0 Å². The fraction of sp³-hybridized carbons (Fsp3) is 0.667. The Kier molecular flexibility index (Phi) is 5.75. The highest BCUT2D eigenvalue weighted by Crippen LogP contribution is 2.03. The molecular weight excluding hydrogens is 182 g/mol. The predicted molar refractivity (Wildman–Crippen MR) is 44.5 cm³/mol. The van der Waals surface area contributed by atoms with Gasteiger partial charge in [0.25, 0.3) is 17.2 Å². The van der Waals surface area contributed by atoms with E-state index in [0.717, 1.165) is 6.21 Å². The summed E-state index contributed by atoms with van der Waals surface area (Å²) in [6.45, 7) is 5.27. The molecule has 0 aliphatic rings. The SMILES string of the molecule is CC(C)(C)S(=O)/[NH+]=C/C(=O)O.[OH-]. The molecule has 3 N–H and O–H groups in total. The van der Waals surface area contributed by atoms with Crippen molar-refractivity contribution in [3.8, 4) is 0 Å². The molecule has 0 saturated heterocycles. The molecule has 6 heteroatoms. The van der Waals surface area contributed by atoms with E-state index in [9.17, 15) is 9.00 Å². The Hall–Kier alpha value is -0.750. The summed E-state index contributed by atoms with van der Waals surface area (Å²) in [5, 5.41) is 8.18. The van der Waals surface area contributed by atoms with Crippen LogP contribution in [0.3, 0.4) is 0 Å². The Labute approximate surface area is 73.4 Å². The monoisotopic (exact) mass is 195 g/mol. The highest BCUT2D eigenvalue weighted by Gasteiger charge is 2.24. The number of hydrogen-bond acceptors (Lipinski definition) is 3. The third-order valence-electron chi connectivity index (χ3n) is 0.846. The Bertz CT molecular complexity index is 206. The standard InChI is InChI=1S/C6H11NO3S.H2O/c1-6(2,3)11(10)7-4-5(8)9;/h4H,1-3H3,(H,8,9);1H2/b7-4+;. The Balaban J connectivity index is 0. The van der Waals surface area contributed by atoms with Crippen molar-refractivity contribution in [3.05, 3.63) is 0 Å². The average Bonchev–Trinajstić information content (AvgIpc) is 1.80. The van der Waals surface area contributed by atoms with Gasteiger partial charge in [-0.15, -0.1) is 4.40 Å². The minimum atomic E-state index is -1.34. The van der Waals surface area contributed by atoms with Crippen LogP contribution < -0.4 is 4.40 Å². The lowest BCUT2D eigenvalue weighted by molar-refractivity contribution is -0.255. The lowest BCUT2D eigenvalue weighted by Gasteiger charge is -2.06. The van der Waals surface area contributed by atoms with E-state index >= 15 is 0 Å². The van der Waals surface area contributed by atoms with Gasteiger partial charge in [0.05, 0.1) is 4.75 Å². The third kappa shape index (κ3) is 5.99. The highest BCUT2D eigenvalue weighted by atomic mass is 32.2. The number of rotatable bonds is 2. The van der Waals surface area contributed by atoms with Gasteiger partial charge >= 0.3 is 5.97 Å². The van der Waals surface area contributed by atoms with Crippen LogP contribution in [-0.2, 0) is 15.8 Å². The molecule has 12 heavy (non-hydrogen) atoms. The topological polar surface area (TPSA) is 98.3 Å². The van der Waals surface area contributed by atoms with Gasteiger partial charge in [0.1, 0.15) is 0 Å². The van der Waals surface area contributed by atoms with Crippen molar-refractivity contribution < 1.29 is 24.0 Å². The van der Waals surface area contributed by atoms with Crippen molar-refractivity contribution in [2.75, 3.05) is 0 Å². The summed E-state index contributed by atoms with van der Waals surface area (Å²) in [5.41, 5.74) is 0. The Morgan fingerprint density at radius 1 is 1.50 bits per heavy atom. The molecule has 1 atom stereocenters. The van der Waals surface area contributed by atoms with Crippen LogP contribution in [0.4, 0.5) is 0 Å². The van der Waals surface area contributed by atoms with Crippen LogP contribution >= 0.6 is 0 Å². The van der Waals surface area contributed by atoms with E-state index in [0.29, 0.717) is 0 Å². The second-order valence-corrected chi connectivity index (χ2v) is 4.98. The van der Waals surface area contributed by atoms with Crippen LogP contribution in [-0.4, -0.2) is 31.7 Å². The van der Waals surface area contributed by atoms with Gasteiger partial charge in [0.15, 0.2) is 0 Å². The number of hydrogen-bond donors (Lipinski definition) is 2. The first-order chi connectivity index (χ1) is 4.84. The van der Waals surface area contributed by atoms with Gasteiger partial charge in [-0.3, -0.25) is 0 Å². The number of carbonyl (C=O) groups is 1. The number of carboxylic acid groups (broad SMARTS) is 1. The molecule has 1 unspecified atom stereocenters. The molecule has 0 bridgehead atoms. The van der Waals surface area contributed by atoms with Crippen molar-refractivity contribution in [2.45, 2.75) is 25.5 Å². The van der Waals surface area contributed by atoms with Crippen LogP contribution in [0.5, 0.6) is 0 Å². The molecule has 0 aliphatic heterocycles. The maximum atomic E-state index is 11.1. The molecule has 72 valence electrons. The van der Waals surface area contributed by atoms with E-state index in [4.69, 9.17) is 5.11 Å². The molecule has 0 rings (SSSR count). The van der Waals surface area contributed by atoms with E-state index in [1.165, 1.54) is 0 Å². The molecule has 0 aromatic carbocycles. The van der Waals surface area contributed by atoms with Gasteiger partial charge < -0.3 is 10.6 Å². The van der Waals surface area contributed by atoms with Gasteiger partial charge in [0.2, 0.25) is 0 Å². The molecule has 0 radical (unpaired) electrons. The zero-order valence-electron chi connectivity index (χ0n) is 7.20. The molecule has 5 nitrogen and oxygen atoms in total. The summed E-state index contributed by atoms with van der Waals surface area (Å²) < 4.78 is 12.9. The molecular formula is C6H13NO4S. The Morgan fingerprint density at radius 3 is 2.17 bits per heavy atom. The molecule has 0 saturated carbocycles. The first-order valence-corrected chi connectivity index (χ1v) is 4.23. The van der Waals surface area contributed by atoms with E-state index in [-0.39, 0.29) is 5.48 Å². The normalized spacial score (nSPS) is 13.9. The van der Waals surface area contributed by atoms with Crippen molar-refractivity contribution in [2.24, 2.45) is 0 Å². The smallest absolute Gasteiger partial charge is 0.393 e. The quantitative estimate of drug-likeness (QED) is 0.524. The zero-order valence-corrected chi connectivity index (χ0v) is 8.01. The largest absolute Gasteiger partial charge is 0.870 e. The average molecular weight is 195 g/mol. The predicted octanol–water partition coefficient (Wildman–Crippen LogP) is -1.49. The molecule has 0 fully saturated rings. The van der Waals surface area contributed by atoms with Gasteiger partial charge in [-0.2, -0.15) is 4.21 Å². The van der Waals surface area contributed by atoms with E-state index in [2.05, 4.69) is 4.40 Å². The second-order valence-electron chi connectivity index (χ2n) is 2.98. The minimum absolute atomic E-state index is 0. The van der Waals surface area contributed by atoms with Crippen LogP contribution in [0.15, 0.2) is 0 Å². The highest BCUT2D eigenvalue weighted by molar-refractivity contribution is 7.79. The number of aliphatic carboxylic acids is 1. The van der Waals surface area contributed by atoms with Gasteiger partial charge in [-0.1, -0.05) is 0 Å². The van der Waals surface area contributed by atoms with Crippen LogP contribution in [0.1, 0.15) is 20.8 Å². The molecule has 0 aromatic rings. The van der Waals surface area contributed by atoms with E-state index in [1.54, 1.807) is 20.8 Å². The first kappa shape index (κ1) is 13.8. The van der Waals surface area contributed by atoms with E-state index < -0.39 is 21.7 Å².